The second-order valence-corrected chi connectivity index (χ2v) is 16.0. The van der Waals surface area contributed by atoms with Gasteiger partial charge in [-0.05, 0) is 13.8 Å². The molecule has 0 atom stereocenters. The van der Waals surface area contributed by atoms with Gasteiger partial charge in [-0.25, -0.2) is 0 Å². The molecule has 0 bridgehead atoms. The normalized spacial score (nSPS) is 8.55. The predicted octanol–water partition coefficient (Wildman–Crippen LogP) is 2.19. The van der Waals surface area contributed by atoms with Gasteiger partial charge in [0.2, 0.25) is 0 Å². The molecule has 67 valence electrons. The van der Waals surface area contributed by atoms with Crippen LogP contribution in [0, 0.1) is 6.92 Å². The first-order valence-electron chi connectivity index (χ1n) is 2.91. The van der Waals surface area contributed by atoms with Gasteiger partial charge in [0.1, 0.15) is 0 Å². The molecule has 0 rings (SSSR count). The molecular formula is C5H10Cl3O2Sn. The Labute approximate surface area is 85.0 Å². The Kier molecular flexibility index (Phi) is 14.8. The molecule has 0 unspecified atom stereocenters. The number of hydrogen-bond donors (Lipinski definition) is 0. The number of carbonyl (C=O) groups excluding carboxylic acids is 1. The van der Waals surface area contributed by atoms with Crippen molar-refractivity contribution in [3.8, 4) is 0 Å². The van der Waals surface area contributed by atoms with E-state index in [-0.39, 0.29) is 12.4 Å². The van der Waals surface area contributed by atoms with Crippen LogP contribution in [0.2, 0.25) is 0 Å². The minimum atomic E-state index is -2.22. The van der Waals surface area contributed by atoms with Gasteiger partial charge >= 0.3 is 49.1 Å². The number of halogens is 3. The van der Waals surface area contributed by atoms with Crippen LogP contribution >= 0.6 is 26.8 Å². The molecule has 0 aromatic carbocycles. The van der Waals surface area contributed by atoms with Gasteiger partial charge < -0.3 is 4.74 Å². The molecule has 0 aromatic rings. The molecule has 0 aliphatic rings. The standard InChI is InChI=1S/C5H9O2.3ClH.Sn.H/c1-3-5(6)7-4-2;;;;;/h1,3-4H2,2H3;3*1H;;/q;;;;+3;/p-3. The number of hydrogen-bond acceptors (Lipinski definition) is 2. The maximum atomic E-state index is 10.1. The van der Waals surface area contributed by atoms with Gasteiger partial charge in [-0.3, -0.25) is 4.79 Å². The average molecular weight is 327 g/mol. The summed E-state index contributed by atoms with van der Waals surface area (Å²) in [5.74, 6) is -0.234. The van der Waals surface area contributed by atoms with E-state index >= 15 is 0 Å². The summed E-state index contributed by atoms with van der Waals surface area (Å²) in [4.78, 5) is 10.1. The SMILES string of the molecule is [CH2]CC(=O)OCC.[Cl][SnH]([Cl])[Cl]. The van der Waals surface area contributed by atoms with Crippen LogP contribution in [0.4, 0.5) is 0 Å². The Morgan fingerprint density at radius 3 is 2.00 bits per heavy atom. The van der Waals surface area contributed by atoms with E-state index in [1.807, 2.05) is 0 Å². The number of esters is 1. The third kappa shape index (κ3) is 24.7. The third-order valence-corrected chi connectivity index (χ3v) is 0.509. The zero-order valence-electron chi connectivity index (χ0n) is 6.15. The Morgan fingerprint density at radius 2 is 1.91 bits per heavy atom. The summed E-state index contributed by atoms with van der Waals surface area (Å²) in [6.45, 7) is 5.55. The van der Waals surface area contributed by atoms with Gasteiger partial charge in [0.25, 0.3) is 0 Å². The molecular weight excluding hydrogens is 317 g/mol. The van der Waals surface area contributed by atoms with Crippen molar-refractivity contribution in [1.82, 2.24) is 0 Å². The van der Waals surface area contributed by atoms with Gasteiger partial charge in [-0.2, -0.15) is 0 Å². The van der Waals surface area contributed by atoms with Gasteiger partial charge in [0.15, 0.2) is 0 Å². The Hall–Kier alpha value is 1.14. The van der Waals surface area contributed by atoms with E-state index in [1.54, 1.807) is 6.92 Å². The van der Waals surface area contributed by atoms with Crippen molar-refractivity contribution in [2.75, 3.05) is 6.61 Å². The Morgan fingerprint density at radius 1 is 1.55 bits per heavy atom. The third-order valence-electron chi connectivity index (χ3n) is 0.509. The van der Waals surface area contributed by atoms with Crippen LogP contribution in [0.25, 0.3) is 0 Å². The van der Waals surface area contributed by atoms with Crippen molar-refractivity contribution >= 4 is 49.1 Å². The van der Waals surface area contributed by atoms with E-state index in [9.17, 15) is 4.79 Å². The quantitative estimate of drug-likeness (QED) is 0.574. The second kappa shape index (κ2) is 11.1. The molecule has 2 nitrogen and oxygen atoms in total. The number of ether oxygens (including phenoxy) is 1. The van der Waals surface area contributed by atoms with Crippen molar-refractivity contribution in [2.24, 2.45) is 0 Å². The summed E-state index contributed by atoms with van der Waals surface area (Å²) in [6, 6.07) is 0. The van der Waals surface area contributed by atoms with E-state index in [4.69, 9.17) is 26.8 Å². The van der Waals surface area contributed by atoms with Gasteiger partial charge in [-0.15, -0.1) is 0 Å². The fourth-order valence-electron chi connectivity index (χ4n) is 0.233. The van der Waals surface area contributed by atoms with Crippen molar-refractivity contribution < 1.29 is 9.53 Å². The molecule has 0 N–H and O–H groups in total. The summed E-state index contributed by atoms with van der Waals surface area (Å²) < 4.78 is 4.49. The van der Waals surface area contributed by atoms with Crippen LogP contribution in [0.5, 0.6) is 0 Å². The van der Waals surface area contributed by atoms with Crippen LogP contribution < -0.4 is 0 Å². The van der Waals surface area contributed by atoms with E-state index in [1.165, 1.54) is 0 Å². The summed E-state index contributed by atoms with van der Waals surface area (Å²) in [7, 11) is 15.0. The molecule has 0 spiro atoms. The predicted molar refractivity (Wildman–Crippen MR) is 51.3 cm³/mol. The summed E-state index contributed by atoms with van der Waals surface area (Å²) in [6.07, 6.45) is 0.230. The molecule has 6 heteroatoms. The van der Waals surface area contributed by atoms with Gasteiger partial charge in [-0.1, -0.05) is 0 Å². The van der Waals surface area contributed by atoms with Crippen LogP contribution in [0.15, 0.2) is 0 Å². The van der Waals surface area contributed by atoms with Gasteiger partial charge in [0.05, 0.1) is 6.61 Å². The molecule has 0 fully saturated rings. The molecule has 0 saturated carbocycles. The fourth-order valence-corrected chi connectivity index (χ4v) is 0.233. The molecule has 0 saturated heterocycles. The molecule has 0 amide bonds. The van der Waals surface area contributed by atoms with Crippen molar-refractivity contribution in [3.05, 3.63) is 6.92 Å². The average Bonchev–Trinajstić information content (AvgIpc) is 1.87. The number of carbonyl (C=O) groups is 1. The zero-order chi connectivity index (χ0) is 9.28. The molecule has 11 heavy (non-hydrogen) atoms. The monoisotopic (exact) mass is 327 g/mol. The van der Waals surface area contributed by atoms with Crippen molar-refractivity contribution in [2.45, 2.75) is 13.3 Å². The van der Waals surface area contributed by atoms with Crippen LogP contribution in [0.1, 0.15) is 13.3 Å². The maximum absolute atomic E-state index is 10.1. The second-order valence-electron chi connectivity index (χ2n) is 1.30. The first-order valence-corrected chi connectivity index (χ1v) is 15.4. The molecule has 0 aliphatic carbocycles. The summed E-state index contributed by atoms with van der Waals surface area (Å²) in [5, 5.41) is 0. The molecule has 0 aliphatic heterocycles. The number of rotatable bonds is 2. The van der Waals surface area contributed by atoms with Crippen molar-refractivity contribution in [1.29, 1.82) is 0 Å². The van der Waals surface area contributed by atoms with E-state index in [2.05, 4.69) is 11.7 Å². The first kappa shape index (κ1) is 14.7. The van der Waals surface area contributed by atoms with Crippen LogP contribution in [-0.4, -0.2) is 29.0 Å². The van der Waals surface area contributed by atoms with Gasteiger partial charge in [0, 0.05) is 6.42 Å². The Bertz CT molecular complexity index is 97.0. The minimum absolute atomic E-state index is 0.230. The zero-order valence-corrected chi connectivity index (χ0v) is 11.7. The molecule has 1 radical (unpaired) electrons. The van der Waals surface area contributed by atoms with Crippen LogP contribution in [-0.2, 0) is 9.53 Å². The van der Waals surface area contributed by atoms with E-state index < -0.39 is 16.4 Å². The van der Waals surface area contributed by atoms with E-state index in [0.717, 1.165) is 0 Å². The first-order chi connectivity index (χ1) is 5.04. The molecule has 0 heterocycles. The van der Waals surface area contributed by atoms with Crippen molar-refractivity contribution in [3.63, 3.8) is 0 Å². The Balaban J connectivity index is 0. The van der Waals surface area contributed by atoms with E-state index in [0.29, 0.717) is 6.61 Å². The molecule has 0 aromatic heterocycles. The summed E-state index contributed by atoms with van der Waals surface area (Å²) in [5.41, 5.74) is 0. The fraction of sp³-hybridized carbons (Fsp3) is 0.600. The van der Waals surface area contributed by atoms with Crippen LogP contribution in [0.3, 0.4) is 0 Å². The summed E-state index contributed by atoms with van der Waals surface area (Å²) >= 11 is -2.22. The topological polar surface area (TPSA) is 26.3 Å².